The summed E-state index contributed by atoms with van der Waals surface area (Å²) in [5, 5.41) is 21.4. The second-order valence-corrected chi connectivity index (χ2v) is 9.88. The average molecular weight is 592 g/mol. The molecule has 19 heteroatoms. The summed E-state index contributed by atoms with van der Waals surface area (Å²) < 4.78 is 28.9. The number of H-pyrrole nitrogens is 1. The van der Waals surface area contributed by atoms with Crippen molar-refractivity contribution in [1.29, 1.82) is 5.26 Å². The van der Waals surface area contributed by atoms with Gasteiger partial charge >= 0.3 is 13.5 Å². The largest absolute Gasteiger partial charge is 0.475 e. The number of phosphoric acid groups is 1. The molecule has 1 aliphatic heterocycles. The number of phosphoric ester groups is 1. The van der Waals surface area contributed by atoms with Crippen LogP contribution < -0.4 is 21.3 Å². The van der Waals surface area contributed by atoms with Crippen LogP contribution >= 0.6 is 7.82 Å². The zero-order chi connectivity index (χ0) is 29.6. The number of nitrogens with zero attached hydrogens (tertiary/aromatic N) is 6. The fraction of sp³-hybridized carbons (Fsp3) is 0.409. The Morgan fingerprint density at radius 1 is 1.34 bits per heavy atom. The minimum absolute atomic E-state index is 0.0611. The third kappa shape index (κ3) is 7.70. The van der Waals surface area contributed by atoms with Crippen LogP contribution in [0.3, 0.4) is 0 Å². The van der Waals surface area contributed by atoms with E-state index in [4.69, 9.17) is 24.5 Å². The molecule has 4 rings (SSSR count). The number of ether oxygens (including phenoxy) is 2. The molecule has 0 radical (unpaired) electrons. The van der Waals surface area contributed by atoms with Gasteiger partial charge < -0.3 is 34.3 Å². The number of aromatic amines is 1. The standard InChI is InChI=1S/C22H25N8O10P/c23-4-1-7-38-21-18-19(25-11-26-21)29(12-27-18)6-5-24-16(32)3-2-13-9-30(22(34)28-20(13)33)17-8-14(31)15(40-17)10-39-41(35,36)37/h2-3,9,11-12,14-15,17,31H,1,5-8,10H2,(H,24,32)(H,28,33,34)(H2,35,36,37)/b3-2+/t14?,15-,17-/m1/s1. The van der Waals surface area contributed by atoms with Crippen LogP contribution in [0, 0.1) is 11.3 Å². The van der Waals surface area contributed by atoms with E-state index in [0.717, 1.165) is 16.8 Å². The first-order chi connectivity index (χ1) is 19.6. The second-order valence-electron chi connectivity index (χ2n) is 8.64. The Labute approximate surface area is 230 Å². The van der Waals surface area contributed by atoms with Gasteiger partial charge in [0.15, 0.2) is 11.2 Å². The number of amides is 1. The van der Waals surface area contributed by atoms with Crippen molar-refractivity contribution in [2.45, 2.75) is 37.8 Å². The molecule has 0 bridgehead atoms. The third-order valence-corrected chi connectivity index (χ3v) is 6.29. The first-order valence-electron chi connectivity index (χ1n) is 12.1. The number of hydrogen-bond donors (Lipinski definition) is 5. The molecule has 0 spiro atoms. The van der Waals surface area contributed by atoms with Crippen LogP contribution in [0.5, 0.6) is 5.88 Å². The topological polar surface area (TPSA) is 257 Å². The van der Waals surface area contributed by atoms with E-state index in [1.807, 2.05) is 6.07 Å². The number of aromatic nitrogens is 6. The summed E-state index contributed by atoms with van der Waals surface area (Å²) in [6.07, 6.45) is 2.91. The summed E-state index contributed by atoms with van der Waals surface area (Å²) in [6, 6.07) is 1.97. The normalized spacial score (nSPS) is 19.0. The van der Waals surface area contributed by atoms with Gasteiger partial charge in [-0.05, 0) is 6.08 Å². The molecule has 3 aromatic heterocycles. The van der Waals surface area contributed by atoms with E-state index in [1.54, 1.807) is 4.57 Å². The quantitative estimate of drug-likeness (QED) is 0.0917. The molecule has 1 fully saturated rings. The SMILES string of the molecule is N#CCCOc1ncnc2c1ncn2CCNC(=O)/C=C/c1cn([C@H]2CC(O)[C@@H](COP(=O)(O)O)O2)c(=O)[nH]c1=O. The molecule has 1 saturated heterocycles. The number of carbonyl (C=O) groups is 1. The van der Waals surface area contributed by atoms with Gasteiger partial charge in [-0.2, -0.15) is 10.2 Å². The number of aliphatic hydroxyl groups is 1. The van der Waals surface area contributed by atoms with E-state index < -0.39 is 50.0 Å². The number of fused-ring (bicyclic) bond motifs is 1. The van der Waals surface area contributed by atoms with E-state index in [1.165, 1.54) is 18.7 Å². The highest BCUT2D eigenvalue weighted by Crippen LogP contribution is 2.38. The lowest BCUT2D eigenvalue weighted by Crippen LogP contribution is -2.33. The number of carbonyl (C=O) groups excluding carboxylic acids is 1. The fourth-order valence-electron chi connectivity index (χ4n) is 3.89. The Hall–Kier alpha value is -4.24. The van der Waals surface area contributed by atoms with Crippen LogP contribution in [0.15, 0.2) is 34.5 Å². The van der Waals surface area contributed by atoms with E-state index in [-0.39, 0.29) is 37.4 Å². The molecule has 3 aromatic rings. The predicted octanol–water partition coefficient (Wildman–Crippen LogP) is -1.44. The number of rotatable bonds is 12. The summed E-state index contributed by atoms with van der Waals surface area (Å²) in [7, 11) is -4.80. The molecule has 5 N–H and O–H groups in total. The van der Waals surface area contributed by atoms with E-state index in [2.05, 4.69) is 29.8 Å². The monoisotopic (exact) mass is 592 g/mol. The molecule has 0 saturated carbocycles. The molecule has 0 aliphatic carbocycles. The van der Waals surface area contributed by atoms with Crippen molar-refractivity contribution in [3.05, 3.63) is 51.3 Å². The first-order valence-corrected chi connectivity index (χ1v) is 13.6. The summed E-state index contributed by atoms with van der Waals surface area (Å²) >= 11 is 0. The van der Waals surface area contributed by atoms with Gasteiger partial charge in [0.2, 0.25) is 11.8 Å². The third-order valence-electron chi connectivity index (χ3n) is 5.80. The van der Waals surface area contributed by atoms with Crippen molar-refractivity contribution >= 4 is 31.0 Å². The summed E-state index contributed by atoms with van der Waals surface area (Å²) in [6.45, 7) is 0.00421. The summed E-state index contributed by atoms with van der Waals surface area (Å²) in [4.78, 5) is 69.2. The highest BCUT2D eigenvalue weighted by atomic mass is 31.2. The van der Waals surface area contributed by atoms with Gasteiger partial charge in [-0.1, -0.05) is 0 Å². The van der Waals surface area contributed by atoms with Crippen molar-refractivity contribution in [3.63, 3.8) is 0 Å². The van der Waals surface area contributed by atoms with Gasteiger partial charge in [-0.25, -0.2) is 19.3 Å². The van der Waals surface area contributed by atoms with Crippen LogP contribution in [0.25, 0.3) is 17.2 Å². The van der Waals surface area contributed by atoms with Gasteiger partial charge in [0.05, 0.1) is 37.1 Å². The molecule has 0 aromatic carbocycles. The Morgan fingerprint density at radius 3 is 2.90 bits per heavy atom. The Balaban J connectivity index is 1.36. The zero-order valence-corrected chi connectivity index (χ0v) is 22.1. The van der Waals surface area contributed by atoms with E-state index >= 15 is 0 Å². The smallest absolute Gasteiger partial charge is 0.469 e. The predicted molar refractivity (Wildman–Crippen MR) is 137 cm³/mol. The summed E-state index contributed by atoms with van der Waals surface area (Å²) in [5.41, 5.74) is -0.798. The van der Waals surface area contributed by atoms with Crippen molar-refractivity contribution in [2.75, 3.05) is 19.8 Å². The maximum absolute atomic E-state index is 12.4. The molecular formula is C22H25N8O10P. The lowest BCUT2D eigenvalue weighted by Gasteiger charge is -2.16. The highest BCUT2D eigenvalue weighted by Gasteiger charge is 2.37. The van der Waals surface area contributed by atoms with E-state index in [0.29, 0.717) is 17.7 Å². The Bertz CT molecular complexity index is 1640. The van der Waals surface area contributed by atoms with Crippen LogP contribution in [0.4, 0.5) is 0 Å². The molecule has 3 atom stereocenters. The van der Waals surface area contributed by atoms with Gasteiger partial charge in [0.25, 0.3) is 5.56 Å². The van der Waals surface area contributed by atoms with Crippen molar-refractivity contribution in [1.82, 2.24) is 34.4 Å². The van der Waals surface area contributed by atoms with Crippen molar-refractivity contribution in [2.24, 2.45) is 0 Å². The second kappa shape index (κ2) is 13.0. The van der Waals surface area contributed by atoms with Crippen LogP contribution in [-0.4, -0.2) is 81.8 Å². The number of hydrogen-bond acceptors (Lipinski definition) is 12. The maximum Gasteiger partial charge on any atom is 0.469 e. The number of nitriles is 1. The number of imidazole rings is 1. The molecule has 1 amide bonds. The molecule has 218 valence electrons. The molecule has 1 unspecified atom stereocenters. The minimum Gasteiger partial charge on any atom is -0.475 e. The molecule has 41 heavy (non-hydrogen) atoms. The average Bonchev–Trinajstić information content (AvgIpc) is 3.50. The molecular weight excluding hydrogens is 567 g/mol. The molecule has 18 nitrogen and oxygen atoms in total. The lowest BCUT2D eigenvalue weighted by molar-refractivity contribution is -0.116. The van der Waals surface area contributed by atoms with Crippen molar-refractivity contribution < 1.29 is 38.3 Å². The van der Waals surface area contributed by atoms with Crippen LogP contribution in [0.1, 0.15) is 24.6 Å². The van der Waals surface area contributed by atoms with E-state index in [9.17, 15) is 24.1 Å². The summed E-state index contributed by atoms with van der Waals surface area (Å²) in [5.74, 6) is -0.297. The Kier molecular flexibility index (Phi) is 9.39. The van der Waals surface area contributed by atoms with Gasteiger partial charge in [-0.15, -0.1) is 0 Å². The van der Waals surface area contributed by atoms with Gasteiger partial charge in [0.1, 0.15) is 25.3 Å². The minimum atomic E-state index is -4.80. The van der Waals surface area contributed by atoms with Crippen molar-refractivity contribution in [3.8, 4) is 11.9 Å². The lowest BCUT2D eigenvalue weighted by atomic mass is 10.2. The Morgan fingerprint density at radius 2 is 2.15 bits per heavy atom. The highest BCUT2D eigenvalue weighted by molar-refractivity contribution is 7.46. The number of aliphatic hydroxyl groups excluding tert-OH is 1. The first kappa shape index (κ1) is 29.7. The fourth-order valence-corrected chi connectivity index (χ4v) is 4.23. The molecule has 4 heterocycles. The van der Waals surface area contributed by atoms with Crippen LogP contribution in [-0.2, 0) is 25.2 Å². The van der Waals surface area contributed by atoms with Gasteiger partial charge in [-0.3, -0.25) is 23.7 Å². The van der Waals surface area contributed by atoms with Crippen LogP contribution in [0.2, 0.25) is 0 Å². The maximum atomic E-state index is 12.4. The zero-order valence-electron chi connectivity index (χ0n) is 21.2. The molecule has 1 aliphatic rings. The van der Waals surface area contributed by atoms with Gasteiger partial charge in [0, 0.05) is 31.8 Å². The number of nitrogens with one attached hydrogen (secondary N) is 2.